The summed E-state index contributed by atoms with van der Waals surface area (Å²) in [5.41, 5.74) is -0.0880. The summed E-state index contributed by atoms with van der Waals surface area (Å²) in [7, 11) is 0. The number of rotatable bonds is 3. The Labute approximate surface area is 94.9 Å². The zero-order valence-electron chi connectivity index (χ0n) is 9.74. The Kier molecular flexibility index (Phi) is 3.55. The number of phenolic OH excluding ortho intramolecular Hbond substituents is 1. The molecule has 0 aromatic heterocycles. The van der Waals surface area contributed by atoms with Crippen LogP contribution in [0, 0.1) is 6.92 Å². The first kappa shape index (κ1) is 12.5. The van der Waals surface area contributed by atoms with Gasteiger partial charge in [-0.3, -0.25) is 4.79 Å². The Morgan fingerprint density at radius 3 is 2.62 bits per heavy atom. The average molecular weight is 223 g/mol. The molecule has 1 aromatic carbocycles. The van der Waals surface area contributed by atoms with Crippen LogP contribution in [0.15, 0.2) is 18.2 Å². The zero-order chi connectivity index (χ0) is 12.3. The predicted octanol–water partition coefficient (Wildman–Crippen LogP) is 1.20. The standard InChI is InChI=1S/C12H17NO3/c1-8-5-4-6-9(10(8)14)11(15)13-7-12(2,3)16/h4-6,14,16H,7H2,1-3H3,(H,13,15). The molecule has 1 rings (SSSR count). The fraction of sp³-hybridized carbons (Fsp3) is 0.417. The molecule has 0 aliphatic rings. The van der Waals surface area contributed by atoms with E-state index in [9.17, 15) is 15.0 Å². The molecule has 1 aromatic rings. The van der Waals surface area contributed by atoms with Crippen LogP contribution in [-0.4, -0.2) is 28.3 Å². The number of aromatic hydroxyl groups is 1. The molecule has 0 heterocycles. The van der Waals surface area contributed by atoms with Crippen molar-refractivity contribution in [2.45, 2.75) is 26.4 Å². The second-order valence-corrected chi connectivity index (χ2v) is 4.47. The Hall–Kier alpha value is -1.55. The van der Waals surface area contributed by atoms with Gasteiger partial charge in [-0.25, -0.2) is 0 Å². The van der Waals surface area contributed by atoms with Gasteiger partial charge in [0.15, 0.2) is 0 Å². The van der Waals surface area contributed by atoms with Gasteiger partial charge in [-0.2, -0.15) is 0 Å². The molecule has 1 amide bonds. The van der Waals surface area contributed by atoms with Crippen molar-refractivity contribution in [1.82, 2.24) is 5.32 Å². The van der Waals surface area contributed by atoms with Crippen molar-refractivity contribution < 1.29 is 15.0 Å². The van der Waals surface area contributed by atoms with Crippen LogP contribution in [0.1, 0.15) is 29.8 Å². The molecule has 0 fully saturated rings. The molecule has 0 saturated heterocycles. The quantitative estimate of drug-likeness (QED) is 0.721. The van der Waals surface area contributed by atoms with E-state index in [0.717, 1.165) is 0 Å². The van der Waals surface area contributed by atoms with Crippen molar-refractivity contribution >= 4 is 5.91 Å². The van der Waals surface area contributed by atoms with Gasteiger partial charge >= 0.3 is 0 Å². The van der Waals surface area contributed by atoms with Gasteiger partial charge in [-0.15, -0.1) is 0 Å². The Balaban J connectivity index is 2.78. The van der Waals surface area contributed by atoms with E-state index in [2.05, 4.69) is 5.32 Å². The molecule has 0 saturated carbocycles. The lowest BCUT2D eigenvalue weighted by molar-refractivity contribution is 0.0693. The van der Waals surface area contributed by atoms with Crippen LogP contribution in [0.2, 0.25) is 0 Å². The molecule has 0 atom stereocenters. The third kappa shape index (κ3) is 3.24. The number of hydrogen-bond donors (Lipinski definition) is 3. The van der Waals surface area contributed by atoms with Gasteiger partial charge in [-0.1, -0.05) is 12.1 Å². The van der Waals surface area contributed by atoms with E-state index in [1.165, 1.54) is 0 Å². The van der Waals surface area contributed by atoms with Gasteiger partial charge in [0.2, 0.25) is 0 Å². The maximum Gasteiger partial charge on any atom is 0.255 e. The molecule has 88 valence electrons. The summed E-state index contributed by atoms with van der Waals surface area (Å²) >= 11 is 0. The first-order chi connectivity index (χ1) is 7.31. The lowest BCUT2D eigenvalue weighted by Crippen LogP contribution is -2.38. The minimum atomic E-state index is -0.963. The number of carbonyl (C=O) groups excluding carboxylic acids is 1. The topological polar surface area (TPSA) is 69.6 Å². The van der Waals surface area contributed by atoms with Gasteiger partial charge in [0.1, 0.15) is 5.75 Å². The minimum absolute atomic E-state index is 0.0178. The molecule has 4 nitrogen and oxygen atoms in total. The van der Waals surface area contributed by atoms with Crippen LogP contribution < -0.4 is 5.32 Å². The van der Waals surface area contributed by atoms with E-state index in [-0.39, 0.29) is 23.8 Å². The summed E-state index contributed by atoms with van der Waals surface area (Å²) in [5, 5.41) is 21.7. The second-order valence-electron chi connectivity index (χ2n) is 4.47. The zero-order valence-corrected chi connectivity index (χ0v) is 9.74. The van der Waals surface area contributed by atoms with Crippen molar-refractivity contribution in [1.29, 1.82) is 0 Å². The highest BCUT2D eigenvalue weighted by atomic mass is 16.3. The maximum absolute atomic E-state index is 11.7. The normalized spacial score (nSPS) is 11.2. The molecule has 16 heavy (non-hydrogen) atoms. The molecule has 0 bridgehead atoms. The van der Waals surface area contributed by atoms with Crippen molar-refractivity contribution in [2.24, 2.45) is 0 Å². The lowest BCUT2D eigenvalue weighted by atomic mass is 10.1. The van der Waals surface area contributed by atoms with Crippen LogP contribution in [0.25, 0.3) is 0 Å². The number of hydrogen-bond acceptors (Lipinski definition) is 3. The SMILES string of the molecule is Cc1cccc(C(=O)NCC(C)(C)O)c1O. The van der Waals surface area contributed by atoms with Gasteiger partial charge < -0.3 is 15.5 Å². The van der Waals surface area contributed by atoms with E-state index < -0.39 is 5.60 Å². The monoisotopic (exact) mass is 223 g/mol. The van der Waals surface area contributed by atoms with Crippen LogP contribution >= 0.6 is 0 Å². The van der Waals surface area contributed by atoms with Crippen LogP contribution in [-0.2, 0) is 0 Å². The highest BCUT2D eigenvalue weighted by Gasteiger charge is 2.17. The van der Waals surface area contributed by atoms with Gasteiger partial charge in [0, 0.05) is 6.54 Å². The van der Waals surface area contributed by atoms with Gasteiger partial charge in [0.25, 0.3) is 5.91 Å². The molecular formula is C12H17NO3. The van der Waals surface area contributed by atoms with Gasteiger partial charge in [0.05, 0.1) is 11.2 Å². The lowest BCUT2D eigenvalue weighted by Gasteiger charge is -2.18. The number of benzene rings is 1. The summed E-state index contributed by atoms with van der Waals surface area (Å²) in [4.78, 5) is 11.7. The van der Waals surface area contributed by atoms with Crippen LogP contribution in [0.3, 0.4) is 0 Å². The average Bonchev–Trinajstić information content (AvgIpc) is 2.17. The second kappa shape index (κ2) is 4.53. The van der Waals surface area contributed by atoms with Crippen molar-refractivity contribution in [3.8, 4) is 5.75 Å². The summed E-state index contributed by atoms with van der Waals surface area (Å²) in [6, 6.07) is 4.97. The first-order valence-corrected chi connectivity index (χ1v) is 5.10. The van der Waals surface area contributed by atoms with Crippen molar-refractivity contribution in [3.63, 3.8) is 0 Å². The Morgan fingerprint density at radius 1 is 1.44 bits per heavy atom. The number of para-hydroxylation sites is 1. The molecule has 3 N–H and O–H groups in total. The highest BCUT2D eigenvalue weighted by molar-refractivity contribution is 5.97. The molecule has 0 spiro atoms. The Bertz CT molecular complexity index is 394. The predicted molar refractivity (Wildman–Crippen MR) is 61.5 cm³/mol. The van der Waals surface area contributed by atoms with E-state index in [4.69, 9.17) is 0 Å². The number of phenols is 1. The van der Waals surface area contributed by atoms with E-state index >= 15 is 0 Å². The Morgan fingerprint density at radius 2 is 2.06 bits per heavy atom. The summed E-state index contributed by atoms with van der Waals surface area (Å²) in [6.45, 7) is 5.06. The third-order valence-corrected chi connectivity index (χ3v) is 2.16. The smallest absolute Gasteiger partial charge is 0.255 e. The number of aryl methyl sites for hydroxylation is 1. The number of carbonyl (C=O) groups is 1. The largest absolute Gasteiger partial charge is 0.507 e. The van der Waals surface area contributed by atoms with Crippen LogP contribution in [0.5, 0.6) is 5.75 Å². The maximum atomic E-state index is 11.7. The molecule has 4 heteroatoms. The highest BCUT2D eigenvalue weighted by Crippen LogP contribution is 2.21. The molecule has 0 unspecified atom stereocenters. The fourth-order valence-corrected chi connectivity index (χ4v) is 1.23. The van der Waals surface area contributed by atoms with Crippen molar-refractivity contribution in [3.05, 3.63) is 29.3 Å². The summed E-state index contributed by atoms with van der Waals surface area (Å²) in [5.74, 6) is -0.404. The van der Waals surface area contributed by atoms with E-state index in [0.29, 0.717) is 5.56 Å². The van der Waals surface area contributed by atoms with E-state index in [1.54, 1.807) is 39.0 Å². The molecule has 0 radical (unpaired) electrons. The summed E-state index contributed by atoms with van der Waals surface area (Å²) in [6.07, 6.45) is 0. The van der Waals surface area contributed by atoms with Crippen molar-refractivity contribution in [2.75, 3.05) is 6.54 Å². The number of amides is 1. The minimum Gasteiger partial charge on any atom is -0.507 e. The number of aliphatic hydroxyl groups is 1. The molecular weight excluding hydrogens is 206 g/mol. The van der Waals surface area contributed by atoms with Gasteiger partial charge in [-0.05, 0) is 32.4 Å². The summed E-state index contributed by atoms with van der Waals surface area (Å²) < 4.78 is 0. The van der Waals surface area contributed by atoms with E-state index in [1.807, 2.05) is 0 Å². The fourth-order valence-electron chi connectivity index (χ4n) is 1.23. The van der Waals surface area contributed by atoms with Crippen LogP contribution in [0.4, 0.5) is 0 Å². The third-order valence-electron chi connectivity index (χ3n) is 2.16. The number of nitrogens with one attached hydrogen (secondary N) is 1. The molecule has 0 aliphatic carbocycles. The molecule has 0 aliphatic heterocycles. The first-order valence-electron chi connectivity index (χ1n) is 5.10.